The lowest BCUT2D eigenvalue weighted by Crippen LogP contribution is -2.35. The second-order valence-electron chi connectivity index (χ2n) is 6.61. The van der Waals surface area contributed by atoms with Crippen LogP contribution in [0, 0.1) is 17.0 Å². The number of nitrogens with one attached hydrogen (secondary N) is 1. The number of nitro groups is 1. The van der Waals surface area contributed by atoms with Crippen molar-refractivity contribution in [2.24, 2.45) is 0 Å². The number of fused-ring (bicyclic) bond motifs is 1. The summed E-state index contributed by atoms with van der Waals surface area (Å²) in [5.41, 5.74) is 2.35. The van der Waals surface area contributed by atoms with E-state index < -0.39 is 10.8 Å². The number of non-ortho nitro benzene ring substituents is 1. The van der Waals surface area contributed by atoms with Gasteiger partial charge in [-0.15, -0.1) is 11.3 Å². The number of rotatable bonds is 4. The van der Waals surface area contributed by atoms with E-state index >= 15 is 0 Å². The molecule has 2 amide bonds. The number of amides is 2. The van der Waals surface area contributed by atoms with Crippen LogP contribution < -0.4 is 15.0 Å². The number of ether oxygens (including phenoxy) is 1. The molecule has 0 aliphatic carbocycles. The number of carbonyl (C=O) groups is 2. The zero-order valence-corrected chi connectivity index (χ0v) is 16.9. The van der Waals surface area contributed by atoms with Crippen LogP contribution >= 0.6 is 11.3 Å². The predicted molar refractivity (Wildman–Crippen MR) is 112 cm³/mol. The molecule has 30 heavy (non-hydrogen) atoms. The van der Waals surface area contributed by atoms with E-state index in [0.717, 1.165) is 10.4 Å². The molecule has 2 heterocycles. The molecule has 3 aromatic rings. The SMILES string of the molecule is Cc1sc(NC(=O)c2ccc([N+](=O)[O-])cc2)nc1-c1ccc2c(c1)N(C)C(=O)CO2. The third-order valence-corrected chi connectivity index (χ3v) is 5.56. The summed E-state index contributed by atoms with van der Waals surface area (Å²) in [6, 6.07) is 10.8. The van der Waals surface area contributed by atoms with E-state index in [4.69, 9.17) is 4.74 Å². The maximum atomic E-state index is 12.4. The summed E-state index contributed by atoms with van der Waals surface area (Å²) in [6.07, 6.45) is 0. The fourth-order valence-electron chi connectivity index (χ4n) is 3.04. The van der Waals surface area contributed by atoms with Gasteiger partial charge in [0.05, 0.1) is 16.3 Å². The maximum absolute atomic E-state index is 12.4. The van der Waals surface area contributed by atoms with Crippen molar-refractivity contribution in [2.45, 2.75) is 6.92 Å². The number of nitro benzene ring substituents is 1. The number of hydrogen-bond acceptors (Lipinski definition) is 7. The van der Waals surface area contributed by atoms with E-state index in [0.29, 0.717) is 27.8 Å². The van der Waals surface area contributed by atoms with Crippen molar-refractivity contribution in [1.29, 1.82) is 0 Å². The molecule has 9 nitrogen and oxygen atoms in total. The maximum Gasteiger partial charge on any atom is 0.269 e. The summed E-state index contributed by atoms with van der Waals surface area (Å²) in [5.74, 6) is 0.0838. The Kier molecular flexibility index (Phi) is 4.92. The third kappa shape index (κ3) is 3.60. The lowest BCUT2D eigenvalue weighted by molar-refractivity contribution is -0.384. The Hall–Kier alpha value is -3.79. The Labute approximate surface area is 175 Å². The van der Waals surface area contributed by atoms with Crippen LogP contribution in [-0.4, -0.2) is 35.4 Å². The largest absolute Gasteiger partial charge is 0.482 e. The smallest absolute Gasteiger partial charge is 0.269 e. The topological polar surface area (TPSA) is 115 Å². The van der Waals surface area contributed by atoms with Crippen molar-refractivity contribution in [2.75, 3.05) is 23.9 Å². The summed E-state index contributed by atoms with van der Waals surface area (Å²) in [5, 5.41) is 13.9. The van der Waals surface area contributed by atoms with Crippen molar-refractivity contribution >= 4 is 39.7 Å². The highest BCUT2D eigenvalue weighted by atomic mass is 32.1. The standard InChI is InChI=1S/C20H16N4O5S/c1-11-18(13-5-8-16-15(9-13)23(2)17(25)10-29-16)21-20(30-11)22-19(26)12-3-6-14(7-4-12)24(27)28/h3-9H,10H2,1-2H3,(H,21,22,26). The first-order valence-corrected chi connectivity index (χ1v) is 9.72. The van der Waals surface area contributed by atoms with Crippen LogP contribution in [0.15, 0.2) is 42.5 Å². The summed E-state index contributed by atoms with van der Waals surface area (Å²) in [7, 11) is 1.69. The van der Waals surface area contributed by atoms with Gasteiger partial charge in [-0.05, 0) is 37.3 Å². The molecule has 1 aliphatic rings. The minimum Gasteiger partial charge on any atom is -0.482 e. The van der Waals surface area contributed by atoms with Crippen molar-refractivity contribution in [3.63, 3.8) is 0 Å². The van der Waals surface area contributed by atoms with Gasteiger partial charge in [0, 0.05) is 35.2 Å². The molecule has 0 saturated heterocycles. The summed E-state index contributed by atoms with van der Waals surface area (Å²) >= 11 is 1.32. The fourth-order valence-corrected chi connectivity index (χ4v) is 3.87. The van der Waals surface area contributed by atoms with E-state index in [-0.39, 0.29) is 18.2 Å². The molecular formula is C20H16N4O5S. The van der Waals surface area contributed by atoms with Gasteiger partial charge in [0.25, 0.3) is 17.5 Å². The Morgan fingerprint density at radius 2 is 2.00 bits per heavy atom. The van der Waals surface area contributed by atoms with Crippen molar-refractivity contribution in [3.8, 4) is 17.0 Å². The minimum atomic E-state index is -0.521. The Bertz CT molecular complexity index is 1170. The molecule has 1 aliphatic heterocycles. The molecule has 4 rings (SSSR count). The Morgan fingerprint density at radius 3 is 2.70 bits per heavy atom. The van der Waals surface area contributed by atoms with Gasteiger partial charge < -0.3 is 9.64 Å². The van der Waals surface area contributed by atoms with Crippen molar-refractivity contribution < 1.29 is 19.2 Å². The second-order valence-corrected chi connectivity index (χ2v) is 7.81. The molecule has 0 radical (unpaired) electrons. The Morgan fingerprint density at radius 1 is 1.27 bits per heavy atom. The molecule has 1 aromatic heterocycles. The predicted octanol–water partition coefficient (Wildman–Crippen LogP) is 3.63. The van der Waals surface area contributed by atoms with Crippen molar-refractivity contribution in [3.05, 3.63) is 63.0 Å². The number of hydrogen-bond donors (Lipinski definition) is 1. The van der Waals surface area contributed by atoms with E-state index in [1.54, 1.807) is 18.0 Å². The van der Waals surface area contributed by atoms with Gasteiger partial charge in [0.2, 0.25) is 0 Å². The molecule has 0 bridgehead atoms. The van der Waals surface area contributed by atoms with E-state index in [1.807, 2.05) is 19.1 Å². The van der Waals surface area contributed by atoms with Crippen molar-refractivity contribution in [1.82, 2.24) is 4.98 Å². The van der Waals surface area contributed by atoms with Crippen LogP contribution in [0.3, 0.4) is 0 Å². The monoisotopic (exact) mass is 424 g/mol. The number of aryl methyl sites for hydroxylation is 1. The average Bonchev–Trinajstić information content (AvgIpc) is 3.10. The second kappa shape index (κ2) is 7.56. The zero-order valence-electron chi connectivity index (χ0n) is 16.0. The van der Waals surface area contributed by atoms with Gasteiger partial charge in [0.15, 0.2) is 11.7 Å². The first kappa shape index (κ1) is 19.5. The van der Waals surface area contributed by atoms with Crippen LogP contribution in [0.4, 0.5) is 16.5 Å². The highest BCUT2D eigenvalue weighted by Gasteiger charge is 2.23. The van der Waals surface area contributed by atoms with E-state index in [1.165, 1.54) is 35.6 Å². The van der Waals surface area contributed by atoms with Gasteiger partial charge in [-0.3, -0.25) is 25.0 Å². The van der Waals surface area contributed by atoms with Gasteiger partial charge in [-0.1, -0.05) is 0 Å². The zero-order chi connectivity index (χ0) is 21.4. The van der Waals surface area contributed by atoms with Gasteiger partial charge >= 0.3 is 0 Å². The molecule has 0 fully saturated rings. The minimum absolute atomic E-state index is 0.0113. The summed E-state index contributed by atoms with van der Waals surface area (Å²) in [6.45, 7) is 1.90. The first-order valence-electron chi connectivity index (χ1n) is 8.90. The molecule has 0 saturated carbocycles. The van der Waals surface area contributed by atoms with Gasteiger partial charge in [-0.2, -0.15) is 0 Å². The third-order valence-electron chi connectivity index (χ3n) is 4.68. The highest BCUT2D eigenvalue weighted by Crippen LogP contribution is 2.37. The molecule has 1 N–H and O–H groups in total. The number of nitrogens with zero attached hydrogens (tertiary/aromatic N) is 3. The van der Waals surface area contributed by atoms with Crippen LogP contribution in [0.1, 0.15) is 15.2 Å². The molecule has 0 atom stereocenters. The fraction of sp³-hybridized carbons (Fsp3) is 0.150. The van der Waals surface area contributed by atoms with Gasteiger partial charge in [0.1, 0.15) is 5.75 Å². The number of anilines is 2. The average molecular weight is 424 g/mol. The van der Waals surface area contributed by atoms with E-state index in [9.17, 15) is 19.7 Å². The Balaban J connectivity index is 1.57. The number of thiazole rings is 1. The summed E-state index contributed by atoms with van der Waals surface area (Å²) < 4.78 is 5.45. The lowest BCUT2D eigenvalue weighted by atomic mass is 10.1. The van der Waals surface area contributed by atoms with Crippen LogP contribution in [0.2, 0.25) is 0 Å². The molecule has 0 unspecified atom stereocenters. The van der Waals surface area contributed by atoms with E-state index in [2.05, 4.69) is 10.3 Å². The molecule has 10 heteroatoms. The van der Waals surface area contributed by atoms with Crippen LogP contribution in [0.25, 0.3) is 11.3 Å². The number of aromatic nitrogens is 1. The molecular weight excluding hydrogens is 408 g/mol. The molecule has 152 valence electrons. The number of likely N-dealkylation sites (N-methyl/N-ethyl adjacent to an activating group) is 1. The quantitative estimate of drug-likeness (QED) is 0.505. The number of carbonyl (C=O) groups excluding carboxylic acids is 2. The molecule has 2 aromatic carbocycles. The normalized spacial score (nSPS) is 12.9. The van der Waals surface area contributed by atoms with Crippen LogP contribution in [0.5, 0.6) is 5.75 Å². The molecule has 0 spiro atoms. The van der Waals surface area contributed by atoms with Crippen LogP contribution in [-0.2, 0) is 4.79 Å². The highest BCUT2D eigenvalue weighted by molar-refractivity contribution is 7.16. The summed E-state index contributed by atoms with van der Waals surface area (Å²) in [4.78, 5) is 41.5. The number of benzene rings is 2. The lowest BCUT2D eigenvalue weighted by Gasteiger charge is -2.26. The van der Waals surface area contributed by atoms with Gasteiger partial charge in [-0.25, -0.2) is 4.98 Å². The first-order chi connectivity index (χ1) is 14.3.